The Labute approximate surface area is 258 Å². The minimum absolute atomic E-state index is 0.0410. The summed E-state index contributed by atoms with van der Waals surface area (Å²) in [6.45, 7) is 16.1. The van der Waals surface area contributed by atoms with E-state index in [1.807, 2.05) is 6.08 Å². The van der Waals surface area contributed by atoms with Gasteiger partial charge in [0.2, 0.25) is 0 Å². The van der Waals surface area contributed by atoms with Gasteiger partial charge in [-0.3, -0.25) is 9.59 Å². The molecule has 4 nitrogen and oxygen atoms in total. The van der Waals surface area contributed by atoms with Crippen LogP contribution in [0.25, 0.3) is 0 Å². The molecule has 43 heavy (non-hydrogen) atoms. The van der Waals surface area contributed by atoms with Gasteiger partial charge in [0.1, 0.15) is 6.67 Å². The molecular formula is C38H55FO4. The minimum atomic E-state index is -1.26. The Hall–Kier alpha value is -1.75. The van der Waals surface area contributed by atoms with E-state index in [0.717, 1.165) is 44.1 Å². The molecule has 0 spiro atoms. The van der Waals surface area contributed by atoms with Crippen molar-refractivity contribution in [3.8, 4) is 0 Å². The smallest absolute Gasteiger partial charge is 0.312 e. The number of allylic oxidation sites excluding steroid dienone is 5. The van der Waals surface area contributed by atoms with Crippen molar-refractivity contribution in [2.75, 3.05) is 13.3 Å². The van der Waals surface area contributed by atoms with Crippen LogP contribution in [0.1, 0.15) is 119 Å². The third-order valence-electron chi connectivity index (χ3n) is 15.1. The number of carboxylic acid groups (broad SMARTS) is 1. The highest BCUT2D eigenvalue weighted by molar-refractivity contribution is 6.00. The number of hydrogen-bond donors (Lipinski definition) is 2. The van der Waals surface area contributed by atoms with Crippen LogP contribution < -0.4 is 0 Å². The number of aliphatic hydroxyl groups is 1. The zero-order valence-corrected chi connectivity index (χ0v) is 27.7. The Morgan fingerprint density at radius 2 is 1.67 bits per heavy atom. The van der Waals surface area contributed by atoms with Gasteiger partial charge >= 0.3 is 5.97 Å². The van der Waals surface area contributed by atoms with Gasteiger partial charge in [0.15, 0.2) is 5.78 Å². The van der Waals surface area contributed by atoms with Crippen molar-refractivity contribution in [2.24, 2.45) is 56.2 Å². The van der Waals surface area contributed by atoms with Crippen LogP contribution in [-0.4, -0.2) is 35.2 Å². The summed E-state index contributed by atoms with van der Waals surface area (Å²) in [5, 5.41) is 20.5. The molecule has 3 saturated carbocycles. The first-order valence-corrected chi connectivity index (χ1v) is 17.1. The second kappa shape index (κ2) is 9.87. The van der Waals surface area contributed by atoms with Gasteiger partial charge < -0.3 is 10.2 Å². The molecule has 0 aliphatic heterocycles. The van der Waals surface area contributed by atoms with E-state index in [1.165, 1.54) is 23.1 Å². The summed E-state index contributed by atoms with van der Waals surface area (Å²) < 4.78 is 13.9. The molecule has 6 aliphatic carbocycles. The second-order valence-corrected chi connectivity index (χ2v) is 17.3. The van der Waals surface area contributed by atoms with E-state index in [0.29, 0.717) is 37.0 Å². The van der Waals surface area contributed by atoms with Crippen molar-refractivity contribution in [1.82, 2.24) is 0 Å². The fourth-order valence-corrected chi connectivity index (χ4v) is 12.6. The number of halogens is 1. The van der Waals surface area contributed by atoms with Crippen LogP contribution in [0.15, 0.2) is 34.4 Å². The molecule has 3 fully saturated rings. The average molecular weight is 595 g/mol. The van der Waals surface area contributed by atoms with E-state index in [-0.39, 0.29) is 51.8 Å². The van der Waals surface area contributed by atoms with E-state index in [4.69, 9.17) is 0 Å². The van der Waals surface area contributed by atoms with Crippen molar-refractivity contribution in [3.05, 3.63) is 34.4 Å². The topological polar surface area (TPSA) is 74.6 Å². The Balaban J connectivity index is 1.36. The maximum Gasteiger partial charge on any atom is 0.312 e. The van der Waals surface area contributed by atoms with Gasteiger partial charge in [-0.15, -0.1) is 0 Å². The largest absolute Gasteiger partial charge is 0.481 e. The molecule has 2 N–H and O–H groups in total. The lowest BCUT2D eigenvalue weighted by molar-refractivity contribution is -0.199. The number of aliphatic carboxylic acids is 1. The molecule has 0 heterocycles. The summed E-state index contributed by atoms with van der Waals surface area (Å²) in [4.78, 5) is 25.3. The summed E-state index contributed by atoms with van der Waals surface area (Å²) in [6, 6.07) is 0. The molecule has 0 aromatic heterocycles. The number of Topliss-reactive ketones (excluding diaryl/α,β-unsaturated/α-hetero) is 1. The van der Waals surface area contributed by atoms with Crippen LogP contribution in [0.4, 0.5) is 4.39 Å². The molecule has 0 aromatic carbocycles. The van der Waals surface area contributed by atoms with Crippen LogP contribution in [0.3, 0.4) is 0 Å². The van der Waals surface area contributed by atoms with E-state index < -0.39 is 18.1 Å². The van der Waals surface area contributed by atoms with E-state index in [1.54, 1.807) is 0 Å². The lowest BCUT2D eigenvalue weighted by Crippen LogP contribution is -2.64. The summed E-state index contributed by atoms with van der Waals surface area (Å²) >= 11 is 0. The summed E-state index contributed by atoms with van der Waals surface area (Å²) in [5.74, 6) is 0.915. The number of hydrogen-bond acceptors (Lipinski definition) is 3. The van der Waals surface area contributed by atoms with Gasteiger partial charge in [-0.25, -0.2) is 4.39 Å². The molecule has 0 bridgehead atoms. The Bertz CT molecular complexity index is 1320. The Kier molecular flexibility index (Phi) is 7.17. The second-order valence-electron chi connectivity index (χ2n) is 17.3. The normalized spacial score (nSPS) is 45.5. The highest BCUT2D eigenvalue weighted by Gasteiger charge is 2.69. The van der Waals surface area contributed by atoms with Gasteiger partial charge in [-0.1, -0.05) is 66.2 Å². The molecule has 6 rings (SSSR count). The molecular weight excluding hydrogens is 539 g/mol. The number of carbonyl (C=O) groups excluding carboxylic acids is 1. The zero-order valence-electron chi connectivity index (χ0n) is 27.7. The van der Waals surface area contributed by atoms with Gasteiger partial charge in [0.25, 0.3) is 0 Å². The van der Waals surface area contributed by atoms with E-state index >= 15 is 0 Å². The maximum absolute atomic E-state index is 13.9. The van der Waals surface area contributed by atoms with Crippen molar-refractivity contribution in [1.29, 1.82) is 0 Å². The minimum Gasteiger partial charge on any atom is -0.481 e. The predicted octanol–water partition coefficient (Wildman–Crippen LogP) is 8.65. The monoisotopic (exact) mass is 594 g/mol. The van der Waals surface area contributed by atoms with Crippen molar-refractivity contribution in [2.45, 2.75) is 119 Å². The third kappa shape index (κ3) is 3.94. The molecule has 0 unspecified atom stereocenters. The predicted molar refractivity (Wildman–Crippen MR) is 168 cm³/mol. The highest BCUT2D eigenvalue weighted by Crippen LogP contribution is 2.76. The van der Waals surface area contributed by atoms with Crippen LogP contribution in [0.2, 0.25) is 0 Å². The van der Waals surface area contributed by atoms with E-state index in [2.05, 4.69) is 54.5 Å². The van der Waals surface area contributed by atoms with Crippen molar-refractivity contribution in [3.63, 3.8) is 0 Å². The first-order chi connectivity index (χ1) is 20.1. The van der Waals surface area contributed by atoms with Gasteiger partial charge in [0, 0.05) is 11.8 Å². The molecule has 5 heteroatoms. The van der Waals surface area contributed by atoms with Crippen LogP contribution in [-0.2, 0) is 9.59 Å². The maximum atomic E-state index is 13.9. The molecule has 0 saturated heterocycles. The van der Waals surface area contributed by atoms with Crippen molar-refractivity contribution >= 4 is 11.8 Å². The first kappa shape index (κ1) is 31.2. The highest BCUT2D eigenvalue weighted by atomic mass is 19.1. The number of ketones is 1. The third-order valence-corrected chi connectivity index (χ3v) is 15.1. The van der Waals surface area contributed by atoms with Crippen LogP contribution in [0.5, 0.6) is 0 Å². The fraction of sp³-hybridized carbons (Fsp3) is 0.789. The quantitative estimate of drug-likeness (QED) is 0.334. The Morgan fingerprint density at radius 1 is 0.953 bits per heavy atom. The molecule has 0 aromatic rings. The number of carbonyl (C=O) groups is 2. The first-order valence-electron chi connectivity index (χ1n) is 17.1. The van der Waals surface area contributed by atoms with Gasteiger partial charge in [-0.05, 0) is 126 Å². The number of carboxylic acids is 1. The Morgan fingerprint density at radius 3 is 2.26 bits per heavy atom. The zero-order chi connectivity index (χ0) is 31.4. The number of rotatable bonds is 5. The summed E-state index contributed by atoms with van der Waals surface area (Å²) in [7, 11) is 0. The molecule has 8 atom stereocenters. The lowest BCUT2D eigenvalue weighted by Gasteiger charge is -2.71. The van der Waals surface area contributed by atoms with E-state index in [9.17, 15) is 24.2 Å². The van der Waals surface area contributed by atoms with Crippen LogP contribution >= 0.6 is 0 Å². The molecule has 6 aliphatic rings. The summed E-state index contributed by atoms with van der Waals surface area (Å²) in [6.07, 6.45) is 13.9. The molecule has 238 valence electrons. The average Bonchev–Trinajstić information content (AvgIpc) is 3.26. The van der Waals surface area contributed by atoms with Gasteiger partial charge in [0.05, 0.1) is 12.0 Å². The summed E-state index contributed by atoms with van der Waals surface area (Å²) in [5.41, 5.74) is 3.75. The molecule has 0 amide bonds. The SMILES string of the molecule is CC(C)C1=C2[C@H]3CC[C@@H]4[C@@]5(C)CC=C(C6=CC[C@](CF)(C(=O)O)CC6)C(C)(C)[C@@H]5CC[C@@]4(C)[C@]3(C)CC[C@@]2(CO)CC1=O. The van der Waals surface area contributed by atoms with Crippen LogP contribution in [0, 0.1) is 56.2 Å². The number of fused-ring (bicyclic) bond motifs is 7. The molecule has 0 radical (unpaired) electrons. The van der Waals surface area contributed by atoms with Crippen molar-refractivity contribution < 1.29 is 24.2 Å². The number of aliphatic hydroxyl groups excluding tert-OH is 1. The standard InChI is InChI=1S/C38H55FO4/c1-23(2)30-27(41)20-38(22-40)19-18-35(6)26(31(30)38)8-9-29-34(5)14-12-25(33(3,4)28(34)13-15-36(29,35)7)24-10-16-37(21-39,17-11-24)32(42)43/h10,12,23,26,28-29,40H,8-9,11,13-22H2,1-7H3,(H,42,43)/t26-,28+,29-,34+,35-,36-,37+,38+/m1/s1. The van der Waals surface area contributed by atoms with Gasteiger partial charge in [-0.2, -0.15) is 0 Å². The fourth-order valence-electron chi connectivity index (χ4n) is 12.6. The lowest BCUT2D eigenvalue weighted by atomic mass is 9.33. The number of alkyl halides is 1.